The normalized spacial score (nSPS) is 15.5. The van der Waals surface area contributed by atoms with Gasteiger partial charge in [-0.05, 0) is 43.7 Å². The molecule has 0 saturated heterocycles. The molecule has 2 aromatic rings. The summed E-state index contributed by atoms with van der Waals surface area (Å²) >= 11 is 0. The zero-order valence-corrected chi connectivity index (χ0v) is 34.6. The van der Waals surface area contributed by atoms with Gasteiger partial charge in [-0.3, -0.25) is 38.6 Å². The van der Waals surface area contributed by atoms with Crippen molar-refractivity contribution in [3.63, 3.8) is 0 Å². The Morgan fingerprint density at radius 1 is 0.726 bits per heavy atom. The summed E-state index contributed by atoms with van der Waals surface area (Å²) in [4.78, 5) is 110. The minimum absolute atomic E-state index is 0.0308. The van der Waals surface area contributed by atoms with Crippen LogP contribution in [-0.2, 0) is 44.8 Å². The molecule has 6 amide bonds. The van der Waals surface area contributed by atoms with Gasteiger partial charge in [0.1, 0.15) is 36.3 Å². The van der Waals surface area contributed by atoms with Crippen molar-refractivity contribution in [1.29, 1.82) is 0 Å². The van der Waals surface area contributed by atoms with E-state index in [2.05, 4.69) is 41.9 Å². The number of aliphatic hydroxyl groups is 3. The Balaban J connectivity index is 2.22. The number of amides is 6. The van der Waals surface area contributed by atoms with Crippen LogP contribution in [0.1, 0.15) is 58.4 Å². The topological polar surface area (TPSA) is 416 Å². The fourth-order valence-corrected chi connectivity index (χ4v) is 5.93. The number of carbonyl (C=O) groups is 8. The number of nitrogens with zero attached hydrogens (tertiary/aromatic N) is 1. The number of aromatic amines is 1. The highest BCUT2D eigenvalue weighted by atomic mass is 16.4. The van der Waals surface area contributed by atoms with Crippen molar-refractivity contribution in [1.82, 2.24) is 36.9 Å². The van der Waals surface area contributed by atoms with Gasteiger partial charge in [0.25, 0.3) is 0 Å². The van der Waals surface area contributed by atoms with Gasteiger partial charge in [-0.15, -0.1) is 0 Å². The molecular formula is C38H59N11O13. The van der Waals surface area contributed by atoms with E-state index < -0.39 is 122 Å². The number of H-pyrrole nitrogens is 1. The molecule has 0 aliphatic carbocycles. The molecule has 0 spiro atoms. The maximum absolute atomic E-state index is 13.7. The lowest BCUT2D eigenvalue weighted by molar-refractivity contribution is -0.143. The Morgan fingerprint density at radius 2 is 1.26 bits per heavy atom. The number of carbonyl (C=O) groups excluding carboxylic acids is 6. The second-order valence-corrected chi connectivity index (χ2v) is 14.6. The highest BCUT2D eigenvalue weighted by molar-refractivity contribution is 5.97. The highest BCUT2D eigenvalue weighted by Crippen LogP contribution is 2.19. The first-order valence-corrected chi connectivity index (χ1v) is 19.8. The first kappa shape index (κ1) is 51.8. The number of aliphatic hydroxyl groups excluding tert-OH is 3. The van der Waals surface area contributed by atoms with Crippen LogP contribution in [0.4, 0.5) is 0 Å². The Bertz CT molecular complexity index is 1900. The number of benzene rings is 1. The van der Waals surface area contributed by atoms with Crippen LogP contribution < -0.4 is 49.1 Å². The molecule has 24 nitrogen and oxygen atoms in total. The average molecular weight is 878 g/mol. The summed E-state index contributed by atoms with van der Waals surface area (Å²) in [5.74, 6) is -9.66. The van der Waals surface area contributed by atoms with Gasteiger partial charge >= 0.3 is 11.9 Å². The molecule has 9 atom stereocenters. The van der Waals surface area contributed by atoms with E-state index in [4.69, 9.17) is 17.2 Å². The molecule has 0 saturated carbocycles. The molecule has 1 aromatic heterocycles. The van der Waals surface area contributed by atoms with Crippen molar-refractivity contribution in [2.24, 2.45) is 28.1 Å². The molecule has 18 N–H and O–H groups in total. The van der Waals surface area contributed by atoms with Gasteiger partial charge in [0.2, 0.25) is 35.4 Å². The van der Waals surface area contributed by atoms with Crippen molar-refractivity contribution in [2.75, 3.05) is 19.8 Å². The van der Waals surface area contributed by atoms with Gasteiger partial charge in [0.15, 0.2) is 5.96 Å². The lowest BCUT2D eigenvalue weighted by atomic mass is 9.98. The summed E-state index contributed by atoms with van der Waals surface area (Å²) in [6.45, 7) is 2.57. The number of para-hydroxylation sites is 1. The number of aliphatic carboxylic acids is 2. The van der Waals surface area contributed by atoms with Gasteiger partial charge in [0, 0.05) is 36.5 Å². The fraction of sp³-hybridized carbons (Fsp3) is 0.553. The first-order valence-electron chi connectivity index (χ1n) is 19.8. The van der Waals surface area contributed by atoms with Gasteiger partial charge in [-0.1, -0.05) is 38.5 Å². The van der Waals surface area contributed by atoms with Crippen molar-refractivity contribution in [3.05, 3.63) is 36.0 Å². The number of guanidine groups is 1. The van der Waals surface area contributed by atoms with Crippen molar-refractivity contribution >= 4 is 64.2 Å². The van der Waals surface area contributed by atoms with Crippen LogP contribution in [0.3, 0.4) is 0 Å². The number of aromatic nitrogens is 1. The van der Waals surface area contributed by atoms with E-state index in [0.717, 1.165) is 17.8 Å². The summed E-state index contributed by atoms with van der Waals surface area (Å²) in [5, 5.41) is 63.8. The van der Waals surface area contributed by atoms with E-state index in [9.17, 15) is 63.9 Å². The molecule has 0 unspecified atom stereocenters. The maximum atomic E-state index is 13.7. The largest absolute Gasteiger partial charge is 0.481 e. The van der Waals surface area contributed by atoms with Gasteiger partial charge < -0.3 is 79.6 Å². The third-order valence-electron chi connectivity index (χ3n) is 9.83. The summed E-state index contributed by atoms with van der Waals surface area (Å²) in [5.41, 5.74) is 18.0. The SMILES string of the molecule is CC[C@H](C)[C@H](N)C(=O)N[C@@H](Cc1c[nH]c2ccccc12)C(=O)N[C@@H](CO)C(=O)N[C@H](C(=O)N[C@@H](CO)C(=O)N[C@@H](CCC(=O)O)C(=O)N[C@@H](CCCN=C(N)N)C(=O)O)[C@@H](C)O. The predicted molar refractivity (Wildman–Crippen MR) is 221 cm³/mol. The Hall–Kier alpha value is -6.37. The summed E-state index contributed by atoms with van der Waals surface area (Å²) in [6, 6.07) is -3.81. The number of hydrogen-bond acceptors (Lipinski definition) is 13. The number of nitrogens with two attached hydrogens (primary N) is 3. The quantitative estimate of drug-likeness (QED) is 0.0228. The van der Waals surface area contributed by atoms with Crippen LogP contribution in [0.2, 0.25) is 0 Å². The van der Waals surface area contributed by atoms with E-state index in [-0.39, 0.29) is 37.7 Å². The van der Waals surface area contributed by atoms with Crippen LogP contribution in [0, 0.1) is 5.92 Å². The minimum Gasteiger partial charge on any atom is -0.481 e. The fourth-order valence-electron chi connectivity index (χ4n) is 5.93. The summed E-state index contributed by atoms with van der Waals surface area (Å²) in [6.07, 6.45) is -0.812. The van der Waals surface area contributed by atoms with Gasteiger partial charge in [-0.2, -0.15) is 0 Å². The standard InChI is InChI=1S/C38H59N11O13/c1-4-18(2)29(39)35(59)46-25(14-20-15-43-22-9-6-5-8-21(20)22)32(56)47-27(17-51)34(58)49-30(19(3)52)36(60)48-26(16-50)33(57)44-23(11-12-28(53)54)31(55)45-24(37(61)62)10-7-13-42-38(40)41/h5-6,8-9,15,18-19,23-27,29-30,43,50-52H,4,7,10-14,16-17,39H2,1-3H3,(H,44,57)(H,45,55)(H,46,59)(H,47,56)(H,48,60)(H,49,58)(H,53,54)(H,61,62)(H4,40,41,42)/t18-,19+,23-,24-,25-,26-,27-,29-,30-/m0/s1. The van der Waals surface area contributed by atoms with Crippen LogP contribution in [0.15, 0.2) is 35.5 Å². The zero-order valence-electron chi connectivity index (χ0n) is 34.6. The number of carboxylic acid groups (broad SMARTS) is 2. The van der Waals surface area contributed by atoms with Crippen LogP contribution in [0.5, 0.6) is 0 Å². The lowest BCUT2D eigenvalue weighted by Gasteiger charge is -2.28. The molecule has 1 heterocycles. The summed E-state index contributed by atoms with van der Waals surface area (Å²) < 4.78 is 0. The molecule has 0 aliphatic rings. The van der Waals surface area contributed by atoms with E-state index in [0.29, 0.717) is 12.0 Å². The molecule has 2 rings (SSSR count). The van der Waals surface area contributed by atoms with Crippen LogP contribution in [-0.4, -0.2) is 152 Å². The average Bonchev–Trinajstić information content (AvgIpc) is 3.64. The van der Waals surface area contributed by atoms with Crippen LogP contribution >= 0.6 is 0 Å². The molecule has 0 aliphatic heterocycles. The molecule has 0 fully saturated rings. The van der Waals surface area contributed by atoms with Crippen LogP contribution in [0.25, 0.3) is 10.9 Å². The number of rotatable bonds is 27. The van der Waals surface area contributed by atoms with Crippen molar-refractivity contribution in [3.8, 4) is 0 Å². The molecule has 62 heavy (non-hydrogen) atoms. The first-order chi connectivity index (χ1) is 29.2. The Labute approximate surface area is 356 Å². The van der Waals surface area contributed by atoms with Gasteiger partial charge in [0.05, 0.1) is 25.4 Å². The highest BCUT2D eigenvalue weighted by Gasteiger charge is 2.35. The second kappa shape index (κ2) is 25.4. The molecule has 24 heteroatoms. The maximum Gasteiger partial charge on any atom is 0.326 e. The van der Waals surface area contributed by atoms with Crippen molar-refractivity contribution < 1.29 is 63.9 Å². The van der Waals surface area contributed by atoms with E-state index in [1.807, 2.05) is 6.92 Å². The third-order valence-corrected chi connectivity index (χ3v) is 9.83. The number of hydrogen-bond donors (Lipinski definition) is 15. The smallest absolute Gasteiger partial charge is 0.326 e. The van der Waals surface area contributed by atoms with Crippen molar-refractivity contribution in [2.45, 2.75) is 108 Å². The zero-order chi connectivity index (χ0) is 46.7. The second-order valence-electron chi connectivity index (χ2n) is 14.6. The minimum atomic E-state index is -1.88. The molecule has 0 radical (unpaired) electrons. The molecule has 1 aromatic carbocycles. The Morgan fingerprint density at radius 3 is 1.82 bits per heavy atom. The lowest BCUT2D eigenvalue weighted by Crippen LogP contribution is -2.62. The predicted octanol–water partition coefficient (Wildman–Crippen LogP) is -4.64. The van der Waals surface area contributed by atoms with Gasteiger partial charge in [-0.25, -0.2) is 4.79 Å². The number of carboxylic acids is 2. The van der Waals surface area contributed by atoms with E-state index in [1.54, 1.807) is 37.4 Å². The number of nitrogens with one attached hydrogen (secondary N) is 7. The number of fused-ring (bicyclic) bond motifs is 1. The summed E-state index contributed by atoms with van der Waals surface area (Å²) in [7, 11) is 0. The third kappa shape index (κ3) is 16.2. The molecule has 344 valence electrons. The molecular weight excluding hydrogens is 818 g/mol. The number of aliphatic imine (C=N–C) groups is 1. The van der Waals surface area contributed by atoms with E-state index >= 15 is 0 Å². The molecule has 0 bridgehead atoms. The Kier molecular flexibility index (Phi) is 21.2. The van der Waals surface area contributed by atoms with E-state index in [1.165, 1.54) is 0 Å². The monoisotopic (exact) mass is 877 g/mol.